The summed E-state index contributed by atoms with van der Waals surface area (Å²) in [6.45, 7) is 0. The second-order valence-corrected chi connectivity index (χ2v) is 7.65. The smallest absolute Gasteiger partial charge is 0.268 e. The number of primary amides is 1. The minimum Gasteiger partial charge on any atom is -0.399 e. The Kier molecular flexibility index (Phi) is 4.97. The molecule has 0 spiro atoms. The number of carbonyl (C=O) groups is 2. The number of nitrogens with zero attached hydrogens (tertiary/aromatic N) is 1. The molecule has 1 heterocycles. The van der Waals surface area contributed by atoms with E-state index < -0.39 is 5.91 Å². The van der Waals surface area contributed by atoms with E-state index in [9.17, 15) is 9.59 Å². The molecule has 1 aromatic heterocycles. The Hall–Kier alpha value is -3.71. The summed E-state index contributed by atoms with van der Waals surface area (Å²) >= 11 is 1.25. The highest BCUT2D eigenvalue weighted by atomic mass is 32.1. The maximum Gasteiger partial charge on any atom is 0.268 e. The van der Waals surface area contributed by atoms with Gasteiger partial charge in [-0.15, -0.1) is 11.3 Å². The van der Waals surface area contributed by atoms with Crippen LogP contribution in [0.2, 0.25) is 0 Å². The van der Waals surface area contributed by atoms with Gasteiger partial charge >= 0.3 is 0 Å². The molecule has 0 aliphatic carbocycles. The molecule has 0 fully saturated rings. The number of fused-ring (bicyclic) bond motifs is 1. The minimum atomic E-state index is -0.659. The van der Waals surface area contributed by atoms with Gasteiger partial charge in [0.25, 0.3) is 5.91 Å². The number of hydrogen-bond acceptors (Lipinski definition) is 6. The fourth-order valence-electron chi connectivity index (χ4n) is 3.02. The first kappa shape index (κ1) is 18.6. The van der Waals surface area contributed by atoms with Crippen molar-refractivity contribution in [3.63, 3.8) is 0 Å². The number of nitrogens with one attached hydrogen (secondary N) is 1. The molecule has 0 aliphatic rings. The number of carbonyl (C=O) groups excluding carboxylic acids is 2. The van der Waals surface area contributed by atoms with E-state index in [1.165, 1.54) is 11.3 Å². The highest BCUT2D eigenvalue weighted by Gasteiger charge is 2.19. The first-order valence-electron chi connectivity index (χ1n) is 8.93. The van der Waals surface area contributed by atoms with Crippen LogP contribution in [0.1, 0.15) is 25.7 Å². The Labute approximate surface area is 171 Å². The molecular formula is C22H18N4O2S. The van der Waals surface area contributed by atoms with Crippen molar-refractivity contribution in [1.29, 1.82) is 0 Å². The lowest BCUT2D eigenvalue weighted by molar-refractivity contribution is 0.0991. The number of rotatable bonds is 6. The van der Waals surface area contributed by atoms with E-state index in [1.54, 1.807) is 24.3 Å². The first-order chi connectivity index (χ1) is 14.0. The molecule has 0 radical (unpaired) electrons. The van der Waals surface area contributed by atoms with Crippen molar-refractivity contribution in [1.82, 2.24) is 4.98 Å². The van der Waals surface area contributed by atoms with E-state index in [-0.39, 0.29) is 17.9 Å². The van der Waals surface area contributed by atoms with Crippen molar-refractivity contribution in [2.75, 3.05) is 11.1 Å². The van der Waals surface area contributed by atoms with E-state index in [2.05, 4.69) is 10.3 Å². The number of anilines is 3. The number of nitrogen functional groups attached to an aromatic ring is 1. The van der Waals surface area contributed by atoms with Crippen LogP contribution in [-0.2, 0) is 6.42 Å². The van der Waals surface area contributed by atoms with Crippen LogP contribution in [0.15, 0.2) is 66.7 Å². The average Bonchev–Trinajstić information content (AvgIpc) is 3.10. The van der Waals surface area contributed by atoms with E-state index >= 15 is 0 Å². The predicted molar refractivity (Wildman–Crippen MR) is 117 cm³/mol. The molecule has 0 atom stereocenters. The van der Waals surface area contributed by atoms with Crippen LogP contribution >= 0.6 is 11.3 Å². The predicted octanol–water partition coefficient (Wildman–Crippen LogP) is 4.15. The third kappa shape index (κ3) is 4.09. The largest absolute Gasteiger partial charge is 0.399 e. The standard InChI is InChI=1S/C22H18N4O2S/c23-16-8-5-14(6-9-16)18(27)12-19-20(21(24)28)26-22(29-19)25-17-10-7-13-3-1-2-4-15(13)11-17/h1-11H,12,23H2,(H2,24,28)(H,25,26). The molecule has 0 bridgehead atoms. The van der Waals surface area contributed by atoms with Crippen LogP contribution < -0.4 is 16.8 Å². The maximum atomic E-state index is 12.6. The van der Waals surface area contributed by atoms with Crippen molar-refractivity contribution in [3.8, 4) is 0 Å². The summed E-state index contributed by atoms with van der Waals surface area (Å²) in [5, 5.41) is 5.93. The third-order valence-corrected chi connectivity index (χ3v) is 5.46. The lowest BCUT2D eigenvalue weighted by Crippen LogP contribution is -2.15. The van der Waals surface area contributed by atoms with Gasteiger partial charge in [-0.25, -0.2) is 4.98 Å². The van der Waals surface area contributed by atoms with Gasteiger partial charge in [0, 0.05) is 28.2 Å². The second-order valence-electron chi connectivity index (χ2n) is 6.56. The Morgan fingerprint density at radius 1 is 0.966 bits per heavy atom. The number of thiazole rings is 1. The lowest BCUT2D eigenvalue weighted by Gasteiger charge is -2.04. The Morgan fingerprint density at radius 2 is 1.69 bits per heavy atom. The van der Waals surface area contributed by atoms with E-state index in [4.69, 9.17) is 11.5 Å². The molecule has 5 N–H and O–H groups in total. The molecule has 4 rings (SSSR count). The van der Waals surface area contributed by atoms with Crippen molar-refractivity contribution in [2.24, 2.45) is 5.73 Å². The zero-order chi connectivity index (χ0) is 20.4. The van der Waals surface area contributed by atoms with Crippen LogP contribution in [0, 0.1) is 0 Å². The van der Waals surface area contributed by atoms with Crippen molar-refractivity contribution in [3.05, 3.63) is 82.9 Å². The molecule has 7 heteroatoms. The summed E-state index contributed by atoms with van der Waals surface area (Å²) in [4.78, 5) is 29.3. The number of ketones is 1. The molecule has 4 aromatic rings. The highest BCUT2D eigenvalue weighted by molar-refractivity contribution is 7.16. The summed E-state index contributed by atoms with van der Waals surface area (Å²) in [6, 6.07) is 20.6. The van der Waals surface area contributed by atoms with Gasteiger partial charge in [-0.05, 0) is 47.2 Å². The number of hydrogen-bond donors (Lipinski definition) is 3. The summed E-state index contributed by atoms with van der Waals surface area (Å²) < 4.78 is 0. The number of amides is 1. The fourth-order valence-corrected chi connectivity index (χ4v) is 4.01. The Bertz CT molecular complexity index is 1220. The Balaban J connectivity index is 1.59. The van der Waals surface area contributed by atoms with Gasteiger partial charge in [-0.3, -0.25) is 9.59 Å². The molecule has 3 aromatic carbocycles. The van der Waals surface area contributed by atoms with Crippen LogP contribution in [0.25, 0.3) is 10.8 Å². The molecule has 6 nitrogen and oxygen atoms in total. The zero-order valence-electron chi connectivity index (χ0n) is 15.4. The van der Waals surface area contributed by atoms with Crippen LogP contribution in [0.3, 0.4) is 0 Å². The van der Waals surface area contributed by atoms with Gasteiger partial charge in [0.1, 0.15) is 5.69 Å². The third-order valence-electron chi connectivity index (χ3n) is 4.49. The summed E-state index contributed by atoms with van der Waals surface area (Å²) in [6.07, 6.45) is 0.0409. The minimum absolute atomic E-state index is 0.0409. The van der Waals surface area contributed by atoms with Gasteiger partial charge in [0.2, 0.25) is 0 Å². The van der Waals surface area contributed by atoms with Gasteiger partial charge in [0.15, 0.2) is 10.9 Å². The average molecular weight is 402 g/mol. The quantitative estimate of drug-likeness (QED) is 0.331. The normalized spacial score (nSPS) is 10.8. The maximum absolute atomic E-state index is 12.6. The monoisotopic (exact) mass is 402 g/mol. The summed E-state index contributed by atoms with van der Waals surface area (Å²) in [5.74, 6) is -0.790. The van der Waals surface area contributed by atoms with Gasteiger partial charge < -0.3 is 16.8 Å². The van der Waals surface area contributed by atoms with E-state index in [1.807, 2.05) is 42.5 Å². The first-order valence-corrected chi connectivity index (χ1v) is 9.75. The molecule has 29 heavy (non-hydrogen) atoms. The number of nitrogens with two attached hydrogens (primary N) is 2. The Morgan fingerprint density at radius 3 is 2.41 bits per heavy atom. The molecule has 0 unspecified atom stereocenters. The van der Waals surface area contributed by atoms with Crippen molar-refractivity contribution < 1.29 is 9.59 Å². The number of benzene rings is 3. The fraction of sp³-hybridized carbons (Fsp3) is 0.0455. The molecule has 0 aliphatic heterocycles. The molecule has 144 valence electrons. The van der Waals surface area contributed by atoms with Crippen molar-refractivity contribution >= 4 is 50.3 Å². The topological polar surface area (TPSA) is 111 Å². The highest BCUT2D eigenvalue weighted by Crippen LogP contribution is 2.29. The molecule has 0 saturated carbocycles. The van der Waals surface area contributed by atoms with Crippen LogP contribution in [0.4, 0.5) is 16.5 Å². The van der Waals surface area contributed by atoms with Gasteiger partial charge in [0.05, 0.1) is 0 Å². The molecule has 0 saturated heterocycles. The zero-order valence-corrected chi connectivity index (χ0v) is 16.2. The molecular weight excluding hydrogens is 384 g/mol. The number of aromatic nitrogens is 1. The van der Waals surface area contributed by atoms with Gasteiger partial charge in [-0.2, -0.15) is 0 Å². The van der Waals surface area contributed by atoms with Crippen molar-refractivity contribution in [2.45, 2.75) is 6.42 Å². The van der Waals surface area contributed by atoms with Gasteiger partial charge in [-0.1, -0.05) is 30.3 Å². The number of Topliss-reactive ketones (excluding diaryl/α,β-unsaturated/α-hetero) is 1. The summed E-state index contributed by atoms with van der Waals surface area (Å²) in [7, 11) is 0. The van der Waals surface area contributed by atoms with Crippen LogP contribution in [-0.4, -0.2) is 16.7 Å². The summed E-state index contributed by atoms with van der Waals surface area (Å²) in [5.41, 5.74) is 13.2. The SMILES string of the molecule is NC(=O)c1nc(Nc2ccc3ccccc3c2)sc1CC(=O)c1ccc(N)cc1. The van der Waals surface area contributed by atoms with Crippen LogP contribution in [0.5, 0.6) is 0 Å². The lowest BCUT2D eigenvalue weighted by atomic mass is 10.1. The van der Waals surface area contributed by atoms with E-state index in [0.717, 1.165) is 16.5 Å². The second kappa shape index (κ2) is 7.73. The molecule has 1 amide bonds. The van der Waals surface area contributed by atoms with E-state index in [0.29, 0.717) is 21.3 Å².